The smallest absolute Gasteiger partial charge is 0.193 e. The highest BCUT2D eigenvalue weighted by Gasteiger charge is 2.08. The van der Waals surface area contributed by atoms with Gasteiger partial charge < -0.3 is 15.5 Å². The summed E-state index contributed by atoms with van der Waals surface area (Å²) in [4.78, 5) is 6.65. The molecular weight excluding hydrogens is 375 g/mol. The summed E-state index contributed by atoms with van der Waals surface area (Å²) in [6.07, 6.45) is 0. The minimum Gasteiger partial charge on any atom is -0.355 e. The van der Waals surface area contributed by atoms with Crippen molar-refractivity contribution in [2.24, 2.45) is 4.99 Å². The van der Waals surface area contributed by atoms with Gasteiger partial charge in [-0.1, -0.05) is 30.3 Å². The van der Waals surface area contributed by atoms with Crippen molar-refractivity contribution in [3.05, 3.63) is 35.9 Å². The molecule has 0 heterocycles. The Hall–Kier alpha value is -0.820. The molecule has 0 fully saturated rings. The van der Waals surface area contributed by atoms with Gasteiger partial charge in [0.15, 0.2) is 5.96 Å². The molecule has 21 heavy (non-hydrogen) atoms. The minimum absolute atomic E-state index is 0. The molecule has 1 rings (SSSR count). The van der Waals surface area contributed by atoms with E-state index in [1.165, 1.54) is 5.56 Å². The Balaban J connectivity index is 0.00000400. The van der Waals surface area contributed by atoms with Crippen molar-refractivity contribution in [3.8, 4) is 0 Å². The minimum atomic E-state index is 0. The van der Waals surface area contributed by atoms with Crippen molar-refractivity contribution in [2.75, 3.05) is 27.2 Å². The van der Waals surface area contributed by atoms with Gasteiger partial charge in [-0.05, 0) is 26.3 Å². The van der Waals surface area contributed by atoms with E-state index in [1.54, 1.807) is 0 Å². The molecule has 5 heteroatoms. The molecule has 0 saturated carbocycles. The van der Waals surface area contributed by atoms with E-state index >= 15 is 0 Å². The fourth-order valence-corrected chi connectivity index (χ4v) is 1.72. The van der Waals surface area contributed by atoms with E-state index in [9.17, 15) is 0 Å². The molecule has 0 saturated heterocycles. The molecule has 2 N–H and O–H groups in total. The van der Waals surface area contributed by atoms with Gasteiger partial charge in [0.2, 0.25) is 0 Å². The van der Waals surface area contributed by atoms with Crippen LogP contribution in [0, 0.1) is 0 Å². The fraction of sp³-hybridized carbons (Fsp3) is 0.562. The monoisotopic (exact) mass is 404 g/mol. The van der Waals surface area contributed by atoms with Crippen LogP contribution in [0.15, 0.2) is 35.3 Å². The standard InChI is InChI=1S/C16H28N4.HI/c1-16(2,3)19-12-11-17-15(20(4)5)18-13-14-9-7-6-8-10-14;/h6-10,19H,11-13H2,1-5H3,(H,17,18);1H. The van der Waals surface area contributed by atoms with Crippen LogP contribution in [0.25, 0.3) is 0 Å². The first-order valence-corrected chi connectivity index (χ1v) is 7.13. The topological polar surface area (TPSA) is 39.7 Å². The van der Waals surface area contributed by atoms with Gasteiger partial charge in [0.05, 0.1) is 6.54 Å². The van der Waals surface area contributed by atoms with E-state index in [0.29, 0.717) is 6.54 Å². The van der Waals surface area contributed by atoms with Crippen LogP contribution in [0.4, 0.5) is 0 Å². The molecule has 4 nitrogen and oxygen atoms in total. The number of hydrogen-bond donors (Lipinski definition) is 2. The molecule has 0 bridgehead atoms. The third-order valence-corrected chi connectivity index (χ3v) is 2.74. The van der Waals surface area contributed by atoms with Crippen LogP contribution in [-0.4, -0.2) is 43.6 Å². The average molecular weight is 404 g/mol. The Bertz CT molecular complexity index is 410. The Morgan fingerprint density at radius 3 is 2.24 bits per heavy atom. The zero-order chi connectivity index (χ0) is 15.0. The summed E-state index contributed by atoms with van der Waals surface area (Å²) < 4.78 is 0. The Kier molecular flexibility index (Phi) is 9.61. The molecule has 1 aromatic carbocycles. The largest absolute Gasteiger partial charge is 0.355 e. The van der Waals surface area contributed by atoms with Gasteiger partial charge in [-0.15, -0.1) is 24.0 Å². The molecule has 120 valence electrons. The van der Waals surface area contributed by atoms with E-state index in [1.807, 2.05) is 37.2 Å². The highest BCUT2D eigenvalue weighted by Crippen LogP contribution is 2.00. The summed E-state index contributed by atoms with van der Waals surface area (Å²) in [6, 6.07) is 10.3. The van der Waals surface area contributed by atoms with Gasteiger partial charge in [-0.3, -0.25) is 0 Å². The number of halogens is 1. The summed E-state index contributed by atoms with van der Waals surface area (Å²) in [5, 5.41) is 6.83. The number of benzene rings is 1. The second-order valence-electron chi connectivity index (χ2n) is 6.12. The highest BCUT2D eigenvalue weighted by atomic mass is 127. The predicted molar refractivity (Wildman–Crippen MR) is 102 cm³/mol. The molecule has 1 aromatic rings. The summed E-state index contributed by atoms with van der Waals surface area (Å²) in [5.74, 6) is 0.921. The van der Waals surface area contributed by atoms with E-state index in [4.69, 9.17) is 0 Å². The van der Waals surface area contributed by atoms with Gasteiger partial charge in [0.25, 0.3) is 0 Å². The van der Waals surface area contributed by atoms with Crippen LogP contribution >= 0.6 is 24.0 Å². The number of guanidine groups is 1. The van der Waals surface area contributed by atoms with Gasteiger partial charge in [-0.2, -0.15) is 0 Å². The summed E-state index contributed by atoms with van der Waals surface area (Å²) >= 11 is 0. The van der Waals surface area contributed by atoms with Crippen molar-refractivity contribution in [3.63, 3.8) is 0 Å². The van der Waals surface area contributed by atoms with Gasteiger partial charge in [-0.25, -0.2) is 4.99 Å². The van der Waals surface area contributed by atoms with E-state index in [0.717, 1.165) is 19.0 Å². The van der Waals surface area contributed by atoms with Crippen LogP contribution in [0.3, 0.4) is 0 Å². The van der Waals surface area contributed by atoms with Crippen LogP contribution in [0.2, 0.25) is 0 Å². The maximum atomic E-state index is 4.63. The van der Waals surface area contributed by atoms with E-state index < -0.39 is 0 Å². The van der Waals surface area contributed by atoms with Gasteiger partial charge >= 0.3 is 0 Å². The normalized spacial score (nSPS) is 11.8. The maximum Gasteiger partial charge on any atom is 0.193 e. The lowest BCUT2D eigenvalue weighted by molar-refractivity contribution is 0.426. The van der Waals surface area contributed by atoms with Crippen molar-refractivity contribution >= 4 is 29.9 Å². The van der Waals surface area contributed by atoms with Crippen molar-refractivity contribution < 1.29 is 0 Å². The third kappa shape index (κ3) is 9.68. The average Bonchev–Trinajstić information content (AvgIpc) is 2.37. The number of nitrogens with one attached hydrogen (secondary N) is 2. The number of nitrogens with zero attached hydrogens (tertiary/aromatic N) is 2. The van der Waals surface area contributed by atoms with Crippen LogP contribution < -0.4 is 10.6 Å². The Labute approximate surface area is 146 Å². The Morgan fingerprint density at radius 1 is 1.10 bits per heavy atom. The molecular formula is C16H29IN4. The number of rotatable bonds is 5. The zero-order valence-electron chi connectivity index (χ0n) is 13.8. The summed E-state index contributed by atoms with van der Waals surface area (Å²) in [5.41, 5.74) is 1.38. The lowest BCUT2D eigenvalue weighted by atomic mass is 10.1. The fourth-order valence-electron chi connectivity index (χ4n) is 1.72. The van der Waals surface area contributed by atoms with Gasteiger partial charge in [0, 0.05) is 32.7 Å². The molecule has 0 spiro atoms. The van der Waals surface area contributed by atoms with Crippen LogP contribution in [-0.2, 0) is 6.54 Å². The van der Waals surface area contributed by atoms with Crippen LogP contribution in [0.5, 0.6) is 0 Å². The lowest BCUT2D eigenvalue weighted by Gasteiger charge is -2.22. The first-order chi connectivity index (χ1) is 9.38. The molecule has 0 aliphatic rings. The SMILES string of the molecule is CN(C)C(=NCc1ccccc1)NCCNC(C)(C)C.I. The third-order valence-electron chi connectivity index (χ3n) is 2.74. The first kappa shape index (κ1) is 20.2. The molecule has 0 aliphatic heterocycles. The molecule has 0 atom stereocenters. The lowest BCUT2D eigenvalue weighted by Crippen LogP contribution is -2.44. The molecule has 0 aromatic heterocycles. The molecule has 0 unspecified atom stereocenters. The zero-order valence-corrected chi connectivity index (χ0v) is 16.1. The maximum absolute atomic E-state index is 4.63. The second-order valence-corrected chi connectivity index (χ2v) is 6.12. The Morgan fingerprint density at radius 2 is 1.71 bits per heavy atom. The second kappa shape index (κ2) is 10.00. The predicted octanol–water partition coefficient (Wildman–Crippen LogP) is 2.70. The van der Waals surface area contributed by atoms with E-state index in [-0.39, 0.29) is 29.5 Å². The van der Waals surface area contributed by atoms with Crippen LogP contribution in [0.1, 0.15) is 26.3 Å². The molecule has 0 radical (unpaired) electrons. The van der Waals surface area contributed by atoms with E-state index in [2.05, 4.69) is 48.5 Å². The summed E-state index contributed by atoms with van der Waals surface area (Å²) in [6.45, 7) is 8.99. The quantitative estimate of drug-likeness (QED) is 0.343. The first-order valence-electron chi connectivity index (χ1n) is 7.13. The summed E-state index contributed by atoms with van der Waals surface area (Å²) in [7, 11) is 4.02. The number of aliphatic imine (C=N–C) groups is 1. The van der Waals surface area contributed by atoms with Crippen molar-refractivity contribution in [1.82, 2.24) is 15.5 Å². The van der Waals surface area contributed by atoms with Crippen molar-refractivity contribution in [2.45, 2.75) is 32.9 Å². The van der Waals surface area contributed by atoms with Crippen molar-refractivity contribution in [1.29, 1.82) is 0 Å². The van der Waals surface area contributed by atoms with Gasteiger partial charge in [0.1, 0.15) is 0 Å². The molecule has 0 aliphatic carbocycles. The highest BCUT2D eigenvalue weighted by molar-refractivity contribution is 14.0. The number of hydrogen-bond acceptors (Lipinski definition) is 2. The molecule has 0 amide bonds.